The van der Waals surface area contributed by atoms with Crippen LogP contribution in [0.15, 0.2) is 24.3 Å². The van der Waals surface area contributed by atoms with Crippen LogP contribution in [0.2, 0.25) is 0 Å². The molecule has 0 heterocycles. The van der Waals surface area contributed by atoms with Crippen molar-refractivity contribution in [2.75, 3.05) is 20.2 Å². The van der Waals surface area contributed by atoms with Crippen LogP contribution in [0.1, 0.15) is 38.2 Å². The minimum atomic E-state index is 0.542. The van der Waals surface area contributed by atoms with Crippen molar-refractivity contribution in [3.05, 3.63) is 29.8 Å². The highest BCUT2D eigenvalue weighted by Gasteiger charge is 2.09. The fourth-order valence-electron chi connectivity index (χ4n) is 1.85. The zero-order valence-corrected chi connectivity index (χ0v) is 10.6. The Kier molecular flexibility index (Phi) is 5.94. The maximum atomic E-state index is 5.37. The predicted molar refractivity (Wildman–Crippen MR) is 69.2 cm³/mol. The second-order valence-electron chi connectivity index (χ2n) is 4.18. The molecule has 0 aliphatic heterocycles. The molecule has 1 rings (SSSR count). The van der Waals surface area contributed by atoms with Crippen molar-refractivity contribution in [2.24, 2.45) is 0 Å². The molecule has 1 atom stereocenters. The Morgan fingerprint density at radius 2 is 2.00 bits per heavy atom. The van der Waals surface area contributed by atoms with Crippen LogP contribution in [0.5, 0.6) is 5.75 Å². The Balaban J connectivity index is 2.48. The van der Waals surface area contributed by atoms with Gasteiger partial charge in [-0.15, -0.1) is 0 Å². The van der Waals surface area contributed by atoms with Gasteiger partial charge >= 0.3 is 0 Å². The summed E-state index contributed by atoms with van der Waals surface area (Å²) in [7, 11) is 1.74. The van der Waals surface area contributed by atoms with Crippen molar-refractivity contribution >= 4 is 0 Å². The molecule has 16 heavy (non-hydrogen) atoms. The highest BCUT2D eigenvalue weighted by atomic mass is 16.5. The third-order valence-corrected chi connectivity index (χ3v) is 2.85. The number of methoxy groups -OCH3 is 1. The summed E-state index contributed by atoms with van der Waals surface area (Å²) in [6, 6.07) is 8.28. The molecular weight excluding hydrogens is 198 g/mol. The molecule has 1 aromatic carbocycles. The first-order chi connectivity index (χ1) is 7.79. The van der Waals surface area contributed by atoms with Crippen LogP contribution in [0.25, 0.3) is 0 Å². The molecule has 0 radical (unpaired) electrons. The van der Waals surface area contributed by atoms with E-state index < -0.39 is 0 Å². The maximum Gasteiger partial charge on any atom is 0.122 e. The maximum absolute atomic E-state index is 5.37. The SMILES string of the molecule is CCCNCCC(C)c1ccccc1OC. The van der Waals surface area contributed by atoms with Gasteiger partial charge in [-0.1, -0.05) is 32.0 Å². The summed E-state index contributed by atoms with van der Waals surface area (Å²) in [6.45, 7) is 6.63. The van der Waals surface area contributed by atoms with Gasteiger partial charge in [-0.05, 0) is 43.5 Å². The smallest absolute Gasteiger partial charge is 0.122 e. The van der Waals surface area contributed by atoms with Crippen molar-refractivity contribution < 1.29 is 4.74 Å². The largest absolute Gasteiger partial charge is 0.496 e. The molecule has 90 valence electrons. The van der Waals surface area contributed by atoms with E-state index in [0.717, 1.165) is 25.3 Å². The second kappa shape index (κ2) is 7.29. The van der Waals surface area contributed by atoms with E-state index >= 15 is 0 Å². The lowest BCUT2D eigenvalue weighted by molar-refractivity contribution is 0.405. The third-order valence-electron chi connectivity index (χ3n) is 2.85. The standard InChI is InChI=1S/C14H23NO/c1-4-10-15-11-9-12(2)13-7-5-6-8-14(13)16-3/h5-8,12,15H,4,9-11H2,1-3H3. The average molecular weight is 221 g/mol. The molecule has 1 N–H and O–H groups in total. The zero-order valence-electron chi connectivity index (χ0n) is 10.6. The highest BCUT2D eigenvalue weighted by molar-refractivity contribution is 5.35. The van der Waals surface area contributed by atoms with E-state index in [-0.39, 0.29) is 0 Å². The number of hydrogen-bond donors (Lipinski definition) is 1. The molecule has 2 nitrogen and oxygen atoms in total. The number of hydrogen-bond acceptors (Lipinski definition) is 2. The van der Waals surface area contributed by atoms with E-state index in [2.05, 4.69) is 31.3 Å². The summed E-state index contributed by atoms with van der Waals surface area (Å²) in [4.78, 5) is 0. The van der Waals surface area contributed by atoms with E-state index in [4.69, 9.17) is 4.74 Å². The van der Waals surface area contributed by atoms with Gasteiger partial charge in [0.2, 0.25) is 0 Å². The summed E-state index contributed by atoms with van der Waals surface area (Å²) in [5.41, 5.74) is 1.31. The molecular formula is C14H23NO. The molecule has 0 aliphatic rings. The Hall–Kier alpha value is -1.02. The highest BCUT2D eigenvalue weighted by Crippen LogP contribution is 2.27. The summed E-state index contributed by atoms with van der Waals surface area (Å²) in [5.74, 6) is 1.55. The second-order valence-corrected chi connectivity index (χ2v) is 4.18. The molecule has 1 aromatic rings. The molecule has 0 fully saturated rings. The number of ether oxygens (including phenoxy) is 1. The molecule has 0 aromatic heterocycles. The summed E-state index contributed by atoms with van der Waals surface area (Å²) < 4.78 is 5.37. The van der Waals surface area contributed by atoms with Gasteiger partial charge < -0.3 is 10.1 Å². The van der Waals surface area contributed by atoms with Crippen LogP contribution in [0, 0.1) is 0 Å². The van der Waals surface area contributed by atoms with Gasteiger partial charge in [-0.2, -0.15) is 0 Å². The number of para-hydroxylation sites is 1. The van der Waals surface area contributed by atoms with Crippen molar-refractivity contribution in [1.29, 1.82) is 0 Å². The minimum Gasteiger partial charge on any atom is -0.496 e. The van der Waals surface area contributed by atoms with E-state index in [9.17, 15) is 0 Å². The van der Waals surface area contributed by atoms with Crippen molar-refractivity contribution in [1.82, 2.24) is 5.32 Å². The van der Waals surface area contributed by atoms with Crippen molar-refractivity contribution in [3.8, 4) is 5.75 Å². The molecule has 0 spiro atoms. The van der Waals surface area contributed by atoms with E-state index in [1.165, 1.54) is 12.0 Å². The summed E-state index contributed by atoms with van der Waals surface area (Å²) in [5, 5.41) is 3.43. The van der Waals surface area contributed by atoms with Gasteiger partial charge in [0, 0.05) is 0 Å². The lowest BCUT2D eigenvalue weighted by Gasteiger charge is -2.15. The quantitative estimate of drug-likeness (QED) is 0.714. The van der Waals surface area contributed by atoms with Gasteiger partial charge in [0.25, 0.3) is 0 Å². The molecule has 0 saturated carbocycles. The normalized spacial score (nSPS) is 12.4. The van der Waals surface area contributed by atoms with E-state index in [0.29, 0.717) is 5.92 Å². The van der Waals surface area contributed by atoms with Gasteiger partial charge in [0.05, 0.1) is 7.11 Å². The minimum absolute atomic E-state index is 0.542. The van der Waals surface area contributed by atoms with Crippen LogP contribution in [-0.2, 0) is 0 Å². The molecule has 0 saturated heterocycles. The van der Waals surface area contributed by atoms with E-state index in [1.807, 2.05) is 12.1 Å². The Bertz CT molecular complexity index is 299. The lowest BCUT2D eigenvalue weighted by Crippen LogP contribution is -2.17. The van der Waals surface area contributed by atoms with Crippen LogP contribution in [-0.4, -0.2) is 20.2 Å². The van der Waals surface area contributed by atoms with Crippen LogP contribution in [0.4, 0.5) is 0 Å². The van der Waals surface area contributed by atoms with Gasteiger partial charge in [-0.3, -0.25) is 0 Å². The Labute approximate surface area is 99.0 Å². The van der Waals surface area contributed by atoms with Crippen LogP contribution in [0.3, 0.4) is 0 Å². The Morgan fingerprint density at radius 3 is 2.69 bits per heavy atom. The third kappa shape index (κ3) is 3.86. The average Bonchev–Trinajstić information content (AvgIpc) is 2.34. The summed E-state index contributed by atoms with van der Waals surface area (Å²) in [6.07, 6.45) is 2.35. The lowest BCUT2D eigenvalue weighted by atomic mass is 9.97. The topological polar surface area (TPSA) is 21.3 Å². The first-order valence-corrected chi connectivity index (χ1v) is 6.13. The molecule has 0 amide bonds. The summed E-state index contributed by atoms with van der Waals surface area (Å²) >= 11 is 0. The Morgan fingerprint density at radius 1 is 1.25 bits per heavy atom. The molecule has 0 aliphatic carbocycles. The van der Waals surface area contributed by atoms with Crippen LogP contribution >= 0.6 is 0 Å². The van der Waals surface area contributed by atoms with Crippen LogP contribution < -0.4 is 10.1 Å². The fraction of sp³-hybridized carbons (Fsp3) is 0.571. The van der Waals surface area contributed by atoms with Crippen molar-refractivity contribution in [3.63, 3.8) is 0 Å². The molecule has 1 unspecified atom stereocenters. The fourth-order valence-corrected chi connectivity index (χ4v) is 1.85. The van der Waals surface area contributed by atoms with Crippen molar-refractivity contribution in [2.45, 2.75) is 32.6 Å². The number of benzene rings is 1. The number of nitrogens with one attached hydrogen (secondary N) is 1. The first-order valence-electron chi connectivity index (χ1n) is 6.13. The molecule has 0 bridgehead atoms. The first kappa shape index (κ1) is 13.0. The predicted octanol–water partition coefficient (Wildman–Crippen LogP) is 3.19. The van der Waals surface area contributed by atoms with Gasteiger partial charge in [0.15, 0.2) is 0 Å². The number of rotatable bonds is 7. The molecule has 2 heteroatoms. The monoisotopic (exact) mass is 221 g/mol. The van der Waals surface area contributed by atoms with Gasteiger partial charge in [0.1, 0.15) is 5.75 Å². The van der Waals surface area contributed by atoms with E-state index in [1.54, 1.807) is 7.11 Å². The zero-order chi connectivity index (χ0) is 11.8. The van der Waals surface area contributed by atoms with Gasteiger partial charge in [-0.25, -0.2) is 0 Å².